The smallest absolute Gasteiger partial charge is 0.508 e. The maximum atomic E-state index is 10.8. The lowest BCUT2D eigenvalue weighted by atomic mass is 9.98. The Morgan fingerprint density at radius 2 is 0.855 bits per heavy atom. The Bertz CT molecular complexity index is 2630. The maximum absolute atomic E-state index is 10.8. The Labute approximate surface area is 659 Å². The van der Waals surface area contributed by atoms with Crippen molar-refractivity contribution in [1.29, 1.82) is 0 Å². The van der Waals surface area contributed by atoms with E-state index >= 15 is 0 Å². The molecule has 4 aromatic carbocycles. The van der Waals surface area contributed by atoms with E-state index in [0.717, 1.165) is 27.9 Å². The van der Waals surface area contributed by atoms with Gasteiger partial charge in [0.05, 0.1) is 116 Å². The fourth-order valence-electron chi connectivity index (χ4n) is 4.89. The number of phenolic OH excluding ortho intramolecular Hbond substituents is 2. The Morgan fingerprint density at radius 3 is 1.09 bits per heavy atom. The molecule has 0 radical (unpaired) electrons. The Kier molecular flexibility index (Phi) is 101. The second-order valence-electron chi connectivity index (χ2n) is 25.6. The highest BCUT2D eigenvalue weighted by Crippen LogP contribution is 2.24. The number of aliphatic hydroxyl groups is 8. The predicted molar refractivity (Wildman–Crippen MR) is 435 cm³/mol. The Hall–Kier alpha value is -7.86. The first-order valence-corrected chi connectivity index (χ1v) is 35.1. The number of para-hydroxylation sites is 4. The van der Waals surface area contributed by atoms with E-state index in [4.69, 9.17) is 98.7 Å². The average molecular weight is 1590 g/mol. The van der Waals surface area contributed by atoms with E-state index in [0.29, 0.717) is 44.3 Å². The van der Waals surface area contributed by atoms with E-state index in [2.05, 4.69) is 44.8 Å². The molecule has 0 spiro atoms. The number of quaternary nitrogens is 1. The van der Waals surface area contributed by atoms with Crippen molar-refractivity contribution in [2.45, 2.75) is 228 Å². The molecule has 0 bridgehead atoms. The molecule has 4 aromatic rings. The fraction of sp³-hybridized carbons (Fsp3) is 0.620. The summed E-state index contributed by atoms with van der Waals surface area (Å²) in [5.41, 5.74) is 26.0. The summed E-state index contributed by atoms with van der Waals surface area (Å²) >= 11 is 0. The lowest BCUT2D eigenvalue weighted by Crippen LogP contribution is -2.36. The van der Waals surface area contributed by atoms with Gasteiger partial charge >= 0.3 is 36.0 Å². The van der Waals surface area contributed by atoms with Gasteiger partial charge in [0.25, 0.3) is 0 Å². The number of phenols is 2. The molecule has 4 rings (SSSR count). The first-order chi connectivity index (χ1) is 50.0. The van der Waals surface area contributed by atoms with Crippen LogP contribution in [0.1, 0.15) is 178 Å². The first kappa shape index (κ1) is 129. The van der Waals surface area contributed by atoms with Crippen LogP contribution in [-0.4, -0.2) is 234 Å². The summed E-state index contributed by atoms with van der Waals surface area (Å²) in [7, 11) is 6.16. The van der Waals surface area contributed by atoms with Crippen molar-refractivity contribution >= 4 is 36.0 Å². The van der Waals surface area contributed by atoms with Crippen LogP contribution in [0.25, 0.3) is 0 Å². The third-order valence-corrected chi connectivity index (χ3v) is 9.44. The normalized spacial score (nSPS) is 10.1. The molecule has 648 valence electrons. The summed E-state index contributed by atoms with van der Waals surface area (Å²) in [6, 6.07) is 31.7. The van der Waals surface area contributed by atoms with Crippen LogP contribution in [0.5, 0.6) is 23.0 Å². The van der Waals surface area contributed by atoms with Gasteiger partial charge in [-0.25, -0.2) is 4.79 Å². The lowest BCUT2D eigenvalue weighted by Gasteiger charge is -2.21. The van der Waals surface area contributed by atoms with Crippen molar-refractivity contribution in [3.8, 4) is 23.0 Å². The van der Waals surface area contributed by atoms with E-state index < -0.39 is 42.8 Å². The highest BCUT2D eigenvalue weighted by atomic mass is 16.8. The minimum atomic E-state index is -0.840. The van der Waals surface area contributed by atoms with E-state index in [-0.39, 0.29) is 120 Å². The van der Waals surface area contributed by atoms with Gasteiger partial charge in [-0.1, -0.05) is 101 Å². The van der Waals surface area contributed by atoms with Crippen molar-refractivity contribution < 1.29 is 127 Å². The van der Waals surface area contributed by atoms with Crippen molar-refractivity contribution in [2.24, 2.45) is 34.1 Å². The molecular weight excluding hydrogens is 1430 g/mol. The van der Waals surface area contributed by atoms with Crippen molar-refractivity contribution in [3.05, 3.63) is 120 Å². The van der Waals surface area contributed by atoms with Gasteiger partial charge in [-0.2, -0.15) is 0 Å². The van der Waals surface area contributed by atoms with Crippen LogP contribution in [-0.2, 0) is 70.3 Å². The number of aromatic hydroxyl groups is 2. The standard InChI is InChI=1S/C9H12O2.C8H10O2.C7H15NO2.C7H8O.C6H13NO2.C6H12O3.C6H6O.C5H11NO2.C5H14NO.C5H10O4.C4H9NO2.C4H10O.C3H8O.C2H7NO.2CH4/c1-2-11-9-6-4-3-5-8(9)7-10;1-2-10-8-6-4-3-5-7(8)9;1-4-6(8)7(9)10-5(2)3;8-6-7-4-2-1-3-5-7;1-4(2)9-6(8)5(3)7;1-6(2,3)5(8)9-4-7;7-6-4-2-1-3-5-6;1-4(2)8-5(7)3-6;1-6(2,3)4-5-7;1-4(2)9-5(7)8-3-6;1-2-7-4(6)3-5;1-4(2,3)5;1-3(2)4;3-1-2-4;;/h3-6,10H,2,7H2,1H3;3-6,9H,2H2,1H3;5-6H,4,8H2,1-3H3;1-5,8H,6H2;4-5H,7H2,1-3H3;7H,4H2,1-3H3;1-5,7H;4H,3,6H2,1-2H3;7H,4-5H2,1-3H3;4,6H,3H2,1-2H3;2-3,5H2,1H3;5H,1-3H3;3-4H,1-2H3;4H,1-3H2;2*1H4/q;;;;;;;;+1;;;;;;;. The number of hydrogen-bond donors (Lipinski definition) is 15. The topological polar surface area (TPSA) is 518 Å². The summed E-state index contributed by atoms with van der Waals surface area (Å²) in [4.78, 5) is 62.7. The summed E-state index contributed by atoms with van der Waals surface area (Å²) < 4.78 is 42.7. The largest absolute Gasteiger partial charge is 0.510 e. The number of carbonyl (C=O) groups excluding carboxylic acids is 6. The van der Waals surface area contributed by atoms with Crippen LogP contribution in [0, 0.1) is 5.41 Å². The molecule has 0 aromatic heterocycles. The second kappa shape index (κ2) is 86.7. The predicted octanol–water partition coefficient (Wildman–Crippen LogP) is 8.39. The van der Waals surface area contributed by atoms with E-state index in [1.54, 1.807) is 167 Å². The molecular formula is C79H153N6O25+. The SMILES string of the molecule is C.C.CC(C)(C)C(=O)OCO.CC(C)(C)O.CC(C)O.CC(C)OC(=O)C(C)N.CC(C)OC(=O)CN.CC(C)OC(=O)OCO.CCC(N)C(=O)OC(C)C.CCOC(=O)CN.CCOc1ccccc1CO.CCOc1ccccc1O.C[N+](C)(C)CCO.NCCO.OCc1ccccc1.Oc1ccccc1. The summed E-state index contributed by atoms with van der Waals surface area (Å²) in [6.07, 6.45) is -0.762. The number of ether oxygens (including phenoxy) is 9. The number of nitrogens with zero attached hydrogens (tertiary/aromatic N) is 1. The van der Waals surface area contributed by atoms with Gasteiger partial charge < -0.3 is 127 Å². The Balaban J connectivity index is -0.0000000946. The second-order valence-corrected chi connectivity index (χ2v) is 25.6. The molecule has 0 aliphatic rings. The first-order valence-electron chi connectivity index (χ1n) is 35.1. The molecule has 0 saturated carbocycles. The molecule has 31 nitrogen and oxygen atoms in total. The number of esters is 5. The highest BCUT2D eigenvalue weighted by molar-refractivity contribution is 5.76. The highest BCUT2D eigenvalue weighted by Gasteiger charge is 2.22. The molecule has 20 N–H and O–H groups in total. The number of carbonyl (C=O) groups is 6. The van der Waals surface area contributed by atoms with Crippen LogP contribution in [0.15, 0.2) is 109 Å². The third kappa shape index (κ3) is 121. The Morgan fingerprint density at radius 1 is 0.482 bits per heavy atom. The van der Waals surface area contributed by atoms with E-state index in [1.807, 2.05) is 87.5 Å². The lowest BCUT2D eigenvalue weighted by molar-refractivity contribution is -0.870. The van der Waals surface area contributed by atoms with Gasteiger partial charge in [0.15, 0.2) is 25.1 Å². The maximum Gasteiger partial charge on any atom is 0.510 e. The average Bonchev–Trinajstić information content (AvgIpc) is 0.901. The quantitative estimate of drug-likeness (QED) is 0.0161. The number of rotatable bonds is 21. The molecule has 31 heteroatoms. The van der Waals surface area contributed by atoms with Crippen molar-refractivity contribution in [2.75, 3.05) is 93.9 Å². The molecule has 2 atom stereocenters. The number of benzene rings is 4. The van der Waals surface area contributed by atoms with Gasteiger partial charge in [-0.15, -0.1) is 0 Å². The zero-order chi connectivity index (χ0) is 86.5. The van der Waals surface area contributed by atoms with Crippen LogP contribution < -0.4 is 38.1 Å². The monoisotopic (exact) mass is 1590 g/mol. The molecule has 0 amide bonds. The summed E-state index contributed by atoms with van der Waals surface area (Å²) in [5, 5.41) is 84.0. The molecule has 0 heterocycles. The molecule has 110 heavy (non-hydrogen) atoms. The fourth-order valence-corrected chi connectivity index (χ4v) is 4.89. The summed E-state index contributed by atoms with van der Waals surface area (Å²) in [5.74, 6) is 0.115. The van der Waals surface area contributed by atoms with Gasteiger partial charge in [-0.05, 0) is 181 Å². The number of nitrogens with two attached hydrogens (primary N) is 5. The van der Waals surface area contributed by atoms with Crippen LogP contribution in [0.2, 0.25) is 0 Å². The zero-order valence-electron chi connectivity index (χ0n) is 69.3. The van der Waals surface area contributed by atoms with E-state index in [9.17, 15) is 28.8 Å². The summed E-state index contributed by atoms with van der Waals surface area (Å²) in [6.45, 7) is 39.2. The van der Waals surface area contributed by atoms with Gasteiger partial charge in [0.1, 0.15) is 30.1 Å². The van der Waals surface area contributed by atoms with Crippen LogP contribution in [0.4, 0.5) is 4.79 Å². The zero-order valence-corrected chi connectivity index (χ0v) is 69.3. The molecule has 0 aliphatic carbocycles. The number of likely N-dealkylation sites (N-methyl/N-ethyl adjacent to an activating group) is 1. The van der Waals surface area contributed by atoms with Crippen molar-refractivity contribution in [3.63, 3.8) is 0 Å². The van der Waals surface area contributed by atoms with E-state index in [1.165, 1.54) is 0 Å². The van der Waals surface area contributed by atoms with Crippen LogP contribution >= 0.6 is 0 Å². The molecule has 2 unspecified atom stereocenters. The van der Waals surface area contributed by atoms with Crippen LogP contribution in [0.3, 0.4) is 0 Å². The molecule has 0 aliphatic heterocycles. The molecule has 0 saturated heterocycles. The minimum Gasteiger partial charge on any atom is -0.508 e. The third-order valence-electron chi connectivity index (χ3n) is 9.44. The van der Waals surface area contributed by atoms with Gasteiger partial charge in [0, 0.05) is 18.2 Å². The number of hydrogen-bond acceptors (Lipinski definition) is 30. The molecule has 0 fully saturated rings. The minimum absolute atomic E-state index is 0. The van der Waals surface area contributed by atoms with Gasteiger partial charge in [-0.3, -0.25) is 24.0 Å². The van der Waals surface area contributed by atoms with Crippen molar-refractivity contribution in [1.82, 2.24) is 0 Å². The number of aliphatic hydroxyl groups excluding tert-OH is 7. The van der Waals surface area contributed by atoms with Gasteiger partial charge in [0.2, 0.25) is 0 Å².